The largest absolute Gasteiger partial charge is 0.383 e. The zero-order valence-electron chi connectivity index (χ0n) is 10.8. The van der Waals surface area contributed by atoms with E-state index in [9.17, 15) is 0 Å². The maximum absolute atomic E-state index is 4.35. The topological polar surface area (TPSA) is 33.1 Å². The molecule has 0 aliphatic carbocycles. The van der Waals surface area contributed by atoms with Gasteiger partial charge in [0.05, 0.1) is 23.0 Å². The second kappa shape index (κ2) is 5.19. The molecule has 0 saturated carbocycles. The molecule has 0 saturated heterocycles. The lowest BCUT2D eigenvalue weighted by Gasteiger charge is -2.11. The number of fused-ring (bicyclic) bond motifs is 1. The zero-order chi connectivity index (χ0) is 12.3. The summed E-state index contributed by atoms with van der Waals surface area (Å²) in [5.41, 5.74) is 3.39. The Labute approximate surface area is 102 Å². The van der Waals surface area contributed by atoms with Crippen LogP contribution in [0.5, 0.6) is 0 Å². The van der Waals surface area contributed by atoms with Crippen molar-refractivity contribution in [1.82, 2.24) is 14.5 Å². The molecule has 0 aliphatic rings. The van der Waals surface area contributed by atoms with Crippen molar-refractivity contribution in [2.24, 2.45) is 7.05 Å². The highest BCUT2D eigenvalue weighted by Gasteiger charge is 2.04. The lowest BCUT2D eigenvalue weighted by atomic mass is 10.2. The molecule has 0 bridgehead atoms. The first-order chi connectivity index (χ1) is 8.18. The summed E-state index contributed by atoms with van der Waals surface area (Å²) >= 11 is 0. The number of benzene rings is 1. The van der Waals surface area contributed by atoms with Crippen molar-refractivity contribution in [3.8, 4) is 0 Å². The van der Waals surface area contributed by atoms with E-state index in [0.29, 0.717) is 0 Å². The van der Waals surface area contributed by atoms with Gasteiger partial charge in [0, 0.05) is 13.6 Å². The van der Waals surface area contributed by atoms with Gasteiger partial charge in [0.25, 0.3) is 0 Å². The highest BCUT2D eigenvalue weighted by atomic mass is 15.1. The second-order valence-corrected chi connectivity index (χ2v) is 4.61. The molecule has 0 fully saturated rings. The number of anilines is 1. The SMILES string of the molecule is CN(C)CCCNc1cccc2ncn(C)c12. The Bertz CT molecular complexity index is 487. The highest BCUT2D eigenvalue weighted by molar-refractivity contribution is 5.88. The Morgan fingerprint density at radius 3 is 2.94 bits per heavy atom. The summed E-state index contributed by atoms with van der Waals surface area (Å²) in [5, 5.41) is 3.48. The molecule has 0 radical (unpaired) electrons. The van der Waals surface area contributed by atoms with Gasteiger partial charge in [0.1, 0.15) is 0 Å². The van der Waals surface area contributed by atoms with Crippen LogP contribution in [0.2, 0.25) is 0 Å². The first-order valence-electron chi connectivity index (χ1n) is 5.97. The minimum absolute atomic E-state index is 0.989. The van der Waals surface area contributed by atoms with E-state index in [1.807, 2.05) is 25.5 Å². The number of nitrogens with one attached hydrogen (secondary N) is 1. The molecule has 0 unspecified atom stereocenters. The lowest BCUT2D eigenvalue weighted by molar-refractivity contribution is 0.405. The van der Waals surface area contributed by atoms with Crippen molar-refractivity contribution in [1.29, 1.82) is 0 Å². The molecule has 1 aromatic heterocycles. The minimum Gasteiger partial charge on any atom is -0.383 e. The smallest absolute Gasteiger partial charge is 0.0956 e. The molecule has 0 amide bonds. The highest BCUT2D eigenvalue weighted by Crippen LogP contribution is 2.21. The molecule has 2 rings (SSSR count). The number of hydrogen-bond acceptors (Lipinski definition) is 3. The molecule has 1 N–H and O–H groups in total. The molecule has 92 valence electrons. The predicted molar refractivity (Wildman–Crippen MR) is 72.4 cm³/mol. The van der Waals surface area contributed by atoms with E-state index in [-0.39, 0.29) is 0 Å². The Hall–Kier alpha value is -1.55. The normalized spacial score (nSPS) is 11.3. The number of rotatable bonds is 5. The van der Waals surface area contributed by atoms with E-state index < -0.39 is 0 Å². The Balaban J connectivity index is 2.05. The van der Waals surface area contributed by atoms with Crippen molar-refractivity contribution in [2.75, 3.05) is 32.5 Å². The third kappa shape index (κ3) is 2.77. The van der Waals surface area contributed by atoms with Crippen LogP contribution in [0.15, 0.2) is 24.5 Å². The van der Waals surface area contributed by atoms with Gasteiger partial charge >= 0.3 is 0 Å². The molecule has 0 atom stereocenters. The van der Waals surface area contributed by atoms with Gasteiger partial charge in [-0.25, -0.2) is 4.98 Å². The molecule has 1 heterocycles. The molecule has 4 heteroatoms. The van der Waals surface area contributed by atoms with Crippen LogP contribution in [0.3, 0.4) is 0 Å². The van der Waals surface area contributed by atoms with Crippen LogP contribution in [0.1, 0.15) is 6.42 Å². The van der Waals surface area contributed by atoms with Crippen molar-refractivity contribution in [2.45, 2.75) is 6.42 Å². The summed E-state index contributed by atoms with van der Waals surface area (Å²) in [7, 11) is 6.23. The summed E-state index contributed by atoms with van der Waals surface area (Å²) in [6, 6.07) is 6.20. The van der Waals surface area contributed by atoms with Gasteiger partial charge in [-0.2, -0.15) is 0 Å². The molecule has 0 spiro atoms. The minimum atomic E-state index is 0.989. The Morgan fingerprint density at radius 2 is 2.18 bits per heavy atom. The van der Waals surface area contributed by atoms with Gasteiger partial charge in [-0.05, 0) is 39.2 Å². The van der Waals surface area contributed by atoms with E-state index in [0.717, 1.165) is 25.0 Å². The fraction of sp³-hybridized carbons (Fsp3) is 0.462. The fourth-order valence-electron chi connectivity index (χ4n) is 1.97. The van der Waals surface area contributed by atoms with E-state index in [2.05, 4.69) is 39.9 Å². The molecule has 2 aromatic rings. The first kappa shape index (κ1) is 11.9. The zero-order valence-corrected chi connectivity index (χ0v) is 10.8. The number of imidazole rings is 1. The first-order valence-corrected chi connectivity index (χ1v) is 5.97. The van der Waals surface area contributed by atoms with Gasteiger partial charge in [-0.1, -0.05) is 6.07 Å². The third-order valence-electron chi connectivity index (χ3n) is 2.84. The van der Waals surface area contributed by atoms with E-state index in [1.165, 1.54) is 11.2 Å². The van der Waals surface area contributed by atoms with Crippen molar-refractivity contribution in [3.05, 3.63) is 24.5 Å². The van der Waals surface area contributed by atoms with Crippen LogP contribution in [0.25, 0.3) is 11.0 Å². The quantitative estimate of drug-likeness (QED) is 0.800. The number of aromatic nitrogens is 2. The fourth-order valence-corrected chi connectivity index (χ4v) is 1.97. The second-order valence-electron chi connectivity index (χ2n) is 4.61. The molecule has 4 nitrogen and oxygen atoms in total. The van der Waals surface area contributed by atoms with Gasteiger partial charge in [-0.15, -0.1) is 0 Å². The predicted octanol–water partition coefficient (Wildman–Crippen LogP) is 1.94. The Kier molecular flexibility index (Phi) is 3.64. The van der Waals surface area contributed by atoms with Crippen LogP contribution in [0, 0.1) is 0 Å². The maximum Gasteiger partial charge on any atom is 0.0956 e. The summed E-state index contributed by atoms with van der Waals surface area (Å²) < 4.78 is 2.06. The average Bonchev–Trinajstić information content (AvgIpc) is 2.67. The number of nitrogens with zero attached hydrogens (tertiary/aromatic N) is 3. The number of para-hydroxylation sites is 1. The summed E-state index contributed by atoms with van der Waals surface area (Å²) in [6.07, 6.45) is 3.00. The van der Waals surface area contributed by atoms with E-state index >= 15 is 0 Å². The van der Waals surface area contributed by atoms with Crippen molar-refractivity contribution >= 4 is 16.7 Å². The van der Waals surface area contributed by atoms with Gasteiger partial charge in [0.2, 0.25) is 0 Å². The van der Waals surface area contributed by atoms with Crippen molar-refractivity contribution < 1.29 is 0 Å². The van der Waals surface area contributed by atoms with Crippen molar-refractivity contribution in [3.63, 3.8) is 0 Å². The van der Waals surface area contributed by atoms with Crippen LogP contribution >= 0.6 is 0 Å². The van der Waals surface area contributed by atoms with Crippen LogP contribution in [-0.4, -0.2) is 41.6 Å². The van der Waals surface area contributed by atoms with Gasteiger partial charge < -0.3 is 14.8 Å². The molecule has 0 aliphatic heterocycles. The molecular weight excluding hydrogens is 212 g/mol. The number of hydrogen-bond donors (Lipinski definition) is 1. The third-order valence-corrected chi connectivity index (χ3v) is 2.84. The Morgan fingerprint density at radius 1 is 1.35 bits per heavy atom. The van der Waals surface area contributed by atoms with Gasteiger partial charge in [-0.3, -0.25) is 0 Å². The van der Waals surface area contributed by atoms with E-state index in [4.69, 9.17) is 0 Å². The summed E-state index contributed by atoms with van der Waals surface area (Å²) in [6.45, 7) is 2.09. The molecule has 17 heavy (non-hydrogen) atoms. The summed E-state index contributed by atoms with van der Waals surface area (Å²) in [4.78, 5) is 6.55. The monoisotopic (exact) mass is 232 g/mol. The standard InChI is InChI=1S/C13H20N4/c1-16(2)9-5-8-14-11-6-4-7-12-13(11)17(3)10-15-12/h4,6-7,10,14H,5,8-9H2,1-3H3. The number of aryl methyl sites for hydroxylation is 1. The lowest BCUT2D eigenvalue weighted by Crippen LogP contribution is -2.16. The van der Waals surface area contributed by atoms with E-state index in [1.54, 1.807) is 0 Å². The maximum atomic E-state index is 4.35. The van der Waals surface area contributed by atoms with Crippen LogP contribution in [0.4, 0.5) is 5.69 Å². The molecule has 1 aromatic carbocycles. The van der Waals surface area contributed by atoms with Crippen LogP contribution in [-0.2, 0) is 7.05 Å². The van der Waals surface area contributed by atoms with Crippen LogP contribution < -0.4 is 5.32 Å². The molecular formula is C13H20N4. The average molecular weight is 232 g/mol. The summed E-state index contributed by atoms with van der Waals surface area (Å²) in [5.74, 6) is 0. The van der Waals surface area contributed by atoms with Gasteiger partial charge in [0.15, 0.2) is 0 Å².